The minimum Gasteiger partial charge on any atom is -0.394 e. The summed E-state index contributed by atoms with van der Waals surface area (Å²) in [5.74, 6) is -0.322. The Morgan fingerprint density at radius 2 is 0.827 bits per heavy atom. The van der Waals surface area contributed by atoms with Crippen molar-refractivity contribution in [2.24, 2.45) is 0 Å². The first-order valence-electron chi connectivity index (χ1n) is 23.1. The van der Waals surface area contributed by atoms with E-state index in [9.17, 15) is 20.1 Å². The van der Waals surface area contributed by atoms with Gasteiger partial charge in [0, 0.05) is 0 Å². The largest absolute Gasteiger partial charge is 0.394 e. The third kappa shape index (κ3) is 38.6. The van der Waals surface area contributed by atoms with Crippen molar-refractivity contribution < 1.29 is 20.1 Å². The number of nitrogens with one attached hydrogen (secondary N) is 1. The zero-order valence-corrected chi connectivity index (χ0v) is 35.0. The molecule has 0 aromatic carbocycles. The van der Waals surface area contributed by atoms with Gasteiger partial charge in [0.05, 0.1) is 31.3 Å². The molecule has 0 spiro atoms. The number of allylic oxidation sites excluding steroid dienone is 3. The molecule has 0 aliphatic carbocycles. The molecule has 0 radical (unpaired) electrons. The van der Waals surface area contributed by atoms with Crippen molar-refractivity contribution in [3.63, 3.8) is 0 Å². The fourth-order valence-corrected chi connectivity index (χ4v) is 7.18. The van der Waals surface area contributed by atoms with Crippen molar-refractivity contribution in [2.45, 2.75) is 263 Å². The molecule has 0 saturated carbocycles. The van der Waals surface area contributed by atoms with Crippen molar-refractivity contribution in [1.82, 2.24) is 5.32 Å². The zero-order chi connectivity index (χ0) is 38.0. The van der Waals surface area contributed by atoms with Gasteiger partial charge in [0.25, 0.3) is 0 Å². The highest BCUT2D eigenvalue weighted by Gasteiger charge is 2.20. The maximum Gasteiger partial charge on any atom is 0.222 e. The Bertz CT molecular complexity index is 768. The molecule has 5 nitrogen and oxygen atoms in total. The quantitative estimate of drug-likeness (QED) is 0.0371. The van der Waals surface area contributed by atoms with Crippen LogP contribution < -0.4 is 5.32 Å². The molecule has 52 heavy (non-hydrogen) atoms. The lowest BCUT2D eigenvalue weighted by atomic mass is 10.0. The van der Waals surface area contributed by atoms with Crippen molar-refractivity contribution in [2.75, 3.05) is 6.61 Å². The fourth-order valence-electron chi connectivity index (χ4n) is 7.18. The molecule has 1 amide bonds. The normalized spacial score (nSPS) is 13.7. The van der Waals surface area contributed by atoms with Crippen LogP contribution in [-0.2, 0) is 4.79 Å². The Labute approximate surface area is 324 Å². The van der Waals surface area contributed by atoms with Gasteiger partial charge < -0.3 is 20.6 Å². The number of carbonyl (C=O) groups is 1. The first kappa shape index (κ1) is 50.8. The predicted octanol–water partition coefficient (Wildman–Crippen LogP) is 13.4. The average Bonchev–Trinajstić information content (AvgIpc) is 3.14. The van der Waals surface area contributed by atoms with Crippen molar-refractivity contribution in [3.8, 4) is 0 Å². The standard InChI is InChI=1S/C47H91NO4/c1-3-5-7-9-11-13-15-17-19-21-22-23-25-27-29-31-33-35-37-39-41-46(51)45(43-49)48-47(52)42-44(50)40-38-36-34-32-30-28-26-24-20-18-16-14-12-10-8-6-4-2/h31,33,39,41,44-46,49-51H,3-30,32,34-38,40,42-43H2,1-2H3,(H,48,52)/b33-31+,41-39+. The van der Waals surface area contributed by atoms with Crippen LogP contribution in [0, 0.1) is 0 Å². The summed E-state index contributed by atoms with van der Waals surface area (Å²) in [6.45, 7) is 4.22. The molecule has 0 aromatic heterocycles. The Kier molecular flexibility index (Phi) is 41.6. The van der Waals surface area contributed by atoms with Gasteiger partial charge in [0.2, 0.25) is 5.91 Å². The zero-order valence-electron chi connectivity index (χ0n) is 35.0. The van der Waals surface area contributed by atoms with E-state index < -0.39 is 18.2 Å². The summed E-state index contributed by atoms with van der Waals surface area (Å²) in [6, 6.07) is -0.757. The molecule has 0 fully saturated rings. The predicted molar refractivity (Wildman–Crippen MR) is 227 cm³/mol. The number of aliphatic hydroxyl groups excluding tert-OH is 3. The summed E-state index contributed by atoms with van der Waals surface area (Å²) in [7, 11) is 0. The molecule has 0 aliphatic rings. The maximum atomic E-state index is 12.4. The summed E-state index contributed by atoms with van der Waals surface area (Å²) >= 11 is 0. The fraction of sp³-hybridized carbons (Fsp3) is 0.894. The second-order valence-corrected chi connectivity index (χ2v) is 16.0. The van der Waals surface area contributed by atoms with Gasteiger partial charge in [-0.1, -0.05) is 231 Å². The van der Waals surface area contributed by atoms with Crippen LogP contribution in [0.5, 0.6) is 0 Å². The third-order valence-corrected chi connectivity index (χ3v) is 10.7. The SMILES string of the molecule is CCCCCCCCCCCCCCCC/C=C/CC/C=C/C(O)C(CO)NC(=O)CC(O)CCCCCCCCCCCCCCCCCCC. The molecule has 3 unspecified atom stereocenters. The van der Waals surface area contributed by atoms with E-state index in [1.807, 2.05) is 6.08 Å². The van der Waals surface area contributed by atoms with Crippen molar-refractivity contribution in [3.05, 3.63) is 24.3 Å². The summed E-state index contributed by atoms with van der Waals surface area (Å²) in [5.41, 5.74) is 0. The lowest BCUT2D eigenvalue weighted by Gasteiger charge is -2.21. The minimum absolute atomic E-state index is 0.00982. The van der Waals surface area contributed by atoms with Crippen LogP contribution in [0.2, 0.25) is 0 Å². The number of hydrogen-bond donors (Lipinski definition) is 4. The Balaban J connectivity index is 3.67. The van der Waals surface area contributed by atoms with Gasteiger partial charge >= 0.3 is 0 Å². The van der Waals surface area contributed by atoms with E-state index in [-0.39, 0.29) is 18.9 Å². The van der Waals surface area contributed by atoms with Gasteiger partial charge in [0.15, 0.2) is 0 Å². The van der Waals surface area contributed by atoms with Crippen molar-refractivity contribution in [1.29, 1.82) is 0 Å². The highest BCUT2D eigenvalue weighted by molar-refractivity contribution is 5.76. The van der Waals surface area contributed by atoms with Gasteiger partial charge in [0.1, 0.15) is 0 Å². The molecule has 308 valence electrons. The third-order valence-electron chi connectivity index (χ3n) is 10.7. The molecule has 0 saturated heterocycles. The molecular weight excluding hydrogens is 643 g/mol. The highest BCUT2D eigenvalue weighted by atomic mass is 16.3. The molecule has 5 heteroatoms. The first-order valence-corrected chi connectivity index (χ1v) is 23.1. The van der Waals surface area contributed by atoms with E-state index >= 15 is 0 Å². The second kappa shape index (κ2) is 42.6. The number of hydrogen-bond acceptors (Lipinski definition) is 4. The van der Waals surface area contributed by atoms with Crippen LogP contribution in [0.3, 0.4) is 0 Å². The van der Waals surface area contributed by atoms with Crippen LogP contribution >= 0.6 is 0 Å². The van der Waals surface area contributed by atoms with E-state index in [1.54, 1.807) is 6.08 Å². The van der Waals surface area contributed by atoms with Crippen LogP contribution in [0.25, 0.3) is 0 Å². The molecule has 0 aliphatic heterocycles. The Hall–Kier alpha value is -1.17. The van der Waals surface area contributed by atoms with E-state index in [0.717, 1.165) is 32.1 Å². The summed E-state index contributed by atoms with van der Waals surface area (Å²) < 4.78 is 0. The van der Waals surface area contributed by atoms with Gasteiger partial charge in [-0.25, -0.2) is 0 Å². The van der Waals surface area contributed by atoms with Crippen LogP contribution in [0.1, 0.15) is 245 Å². The first-order chi connectivity index (χ1) is 25.5. The Morgan fingerprint density at radius 1 is 0.481 bits per heavy atom. The number of aliphatic hydroxyl groups is 3. The van der Waals surface area contributed by atoms with Gasteiger partial charge in [-0.05, 0) is 32.1 Å². The summed E-state index contributed by atoms with van der Waals surface area (Å²) in [4.78, 5) is 12.4. The topological polar surface area (TPSA) is 89.8 Å². The minimum atomic E-state index is -0.948. The Morgan fingerprint density at radius 3 is 1.23 bits per heavy atom. The molecule has 0 bridgehead atoms. The van der Waals surface area contributed by atoms with Crippen LogP contribution in [-0.4, -0.2) is 46.1 Å². The molecule has 0 aromatic rings. The van der Waals surface area contributed by atoms with E-state index in [4.69, 9.17) is 0 Å². The monoisotopic (exact) mass is 734 g/mol. The van der Waals surface area contributed by atoms with Crippen LogP contribution in [0.4, 0.5) is 0 Å². The molecule has 0 heterocycles. The maximum absolute atomic E-state index is 12.4. The summed E-state index contributed by atoms with van der Waals surface area (Å²) in [5, 5.41) is 33.2. The average molecular weight is 734 g/mol. The van der Waals surface area contributed by atoms with E-state index in [0.29, 0.717) is 6.42 Å². The lowest BCUT2D eigenvalue weighted by molar-refractivity contribution is -0.124. The smallest absolute Gasteiger partial charge is 0.222 e. The second-order valence-electron chi connectivity index (χ2n) is 16.0. The highest BCUT2D eigenvalue weighted by Crippen LogP contribution is 2.16. The van der Waals surface area contributed by atoms with Crippen molar-refractivity contribution >= 4 is 5.91 Å². The molecular formula is C47H91NO4. The number of amides is 1. The molecule has 4 N–H and O–H groups in total. The van der Waals surface area contributed by atoms with Gasteiger partial charge in [-0.15, -0.1) is 0 Å². The molecule has 0 rings (SSSR count). The molecule has 3 atom stereocenters. The summed E-state index contributed by atoms with van der Waals surface area (Å²) in [6.07, 6.45) is 51.8. The van der Waals surface area contributed by atoms with Crippen LogP contribution in [0.15, 0.2) is 24.3 Å². The number of unbranched alkanes of at least 4 members (excludes halogenated alkanes) is 31. The van der Waals surface area contributed by atoms with Gasteiger partial charge in [-0.2, -0.15) is 0 Å². The number of rotatable bonds is 42. The van der Waals surface area contributed by atoms with Gasteiger partial charge in [-0.3, -0.25) is 4.79 Å². The van der Waals surface area contributed by atoms with E-state index in [2.05, 4.69) is 31.3 Å². The lowest BCUT2D eigenvalue weighted by Crippen LogP contribution is -2.45. The number of carbonyl (C=O) groups excluding carboxylic acids is 1. The van der Waals surface area contributed by atoms with E-state index in [1.165, 1.54) is 186 Å².